The highest BCUT2D eigenvalue weighted by atomic mass is 35.5. The molecule has 0 radical (unpaired) electrons. The fraction of sp³-hybridized carbons (Fsp3) is 0.217. The number of carbonyl (C=O) groups is 3. The van der Waals surface area contributed by atoms with Crippen LogP contribution in [0.25, 0.3) is 6.08 Å². The molecule has 1 aliphatic rings. The Bertz CT molecular complexity index is 1150. The summed E-state index contributed by atoms with van der Waals surface area (Å²) in [6, 6.07) is 11.2. The second-order valence-electron chi connectivity index (χ2n) is 7.24. The average Bonchev–Trinajstić information content (AvgIpc) is 3.06. The number of nitrogens with zero attached hydrogens (tertiary/aromatic N) is 1. The number of halogens is 1. The minimum Gasteiger partial charge on any atom is -0.493 e. The Morgan fingerprint density at radius 3 is 2.56 bits per heavy atom. The zero-order valence-corrected chi connectivity index (χ0v) is 20.4. The van der Waals surface area contributed by atoms with Crippen LogP contribution in [0.5, 0.6) is 11.5 Å². The Morgan fingerprint density at radius 1 is 1.24 bits per heavy atom. The third-order valence-corrected chi connectivity index (χ3v) is 6.46. The molecule has 0 bridgehead atoms. The van der Waals surface area contributed by atoms with Crippen LogP contribution in [0, 0.1) is 0 Å². The molecule has 2 aromatic rings. The number of aliphatic carboxylic acids is 1. The lowest BCUT2D eigenvalue weighted by Gasteiger charge is -2.22. The lowest BCUT2D eigenvalue weighted by molar-refractivity contribution is -0.145. The van der Waals surface area contributed by atoms with Crippen molar-refractivity contribution < 1.29 is 29.0 Å². The predicted molar refractivity (Wildman–Crippen MR) is 134 cm³/mol. The van der Waals surface area contributed by atoms with Crippen LogP contribution in [0.4, 0.5) is 0 Å². The zero-order chi connectivity index (χ0) is 24.8. The smallest absolute Gasteiger partial charge is 0.326 e. The minimum absolute atomic E-state index is 0.100. The van der Waals surface area contributed by atoms with Crippen molar-refractivity contribution in [2.24, 2.45) is 5.73 Å². The SMILES string of the molecule is COc1cc(/C=C2\SC(=S)N(C(CCC(N)=O)C(=O)O)C2=O)ccc1OCc1ccc(Cl)cc1. The van der Waals surface area contributed by atoms with E-state index < -0.39 is 23.8 Å². The number of primary amides is 1. The Labute approximate surface area is 210 Å². The van der Waals surface area contributed by atoms with E-state index in [1.165, 1.54) is 7.11 Å². The molecule has 34 heavy (non-hydrogen) atoms. The van der Waals surface area contributed by atoms with Crippen LogP contribution in [0.15, 0.2) is 47.4 Å². The number of benzene rings is 2. The molecule has 8 nitrogen and oxygen atoms in total. The Balaban J connectivity index is 1.77. The molecule has 2 aromatic carbocycles. The van der Waals surface area contributed by atoms with Gasteiger partial charge in [0.1, 0.15) is 17.0 Å². The van der Waals surface area contributed by atoms with Crippen LogP contribution in [0.2, 0.25) is 5.02 Å². The van der Waals surface area contributed by atoms with Crippen molar-refractivity contribution in [1.82, 2.24) is 4.90 Å². The summed E-state index contributed by atoms with van der Waals surface area (Å²) in [5, 5.41) is 10.2. The van der Waals surface area contributed by atoms with Crippen molar-refractivity contribution >= 4 is 63.8 Å². The Morgan fingerprint density at radius 2 is 1.94 bits per heavy atom. The lowest BCUT2D eigenvalue weighted by atomic mass is 10.1. The van der Waals surface area contributed by atoms with E-state index in [1.807, 2.05) is 12.1 Å². The fourth-order valence-electron chi connectivity index (χ4n) is 3.18. The molecule has 1 unspecified atom stereocenters. The first-order chi connectivity index (χ1) is 16.2. The van der Waals surface area contributed by atoms with Gasteiger partial charge in [-0.15, -0.1) is 0 Å². The lowest BCUT2D eigenvalue weighted by Crippen LogP contribution is -2.44. The number of ether oxygens (including phenoxy) is 2. The molecule has 3 N–H and O–H groups in total. The van der Waals surface area contributed by atoms with Crippen LogP contribution in [-0.2, 0) is 21.0 Å². The first-order valence-electron chi connectivity index (χ1n) is 10.0. The summed E-state index contributed by atoms with van der Waals surface area (Å²) in [5.74, 6) is -1.49. The van der Waals surface area contributed by atoms with Gasteiger partial charge >= 0.3 is 5.97 Å². The van der Waals surface area contributed by atoms with Crippen molar-refractivity contribution in [3.05, 3.63) is 63.5 Å². The summed E-state index contributed by atoms with van der Waals surface area (Å²) in [5.41, 5.74) is 6.70. The molecule has 1 aliphatic heterocycles. The van der Waals surface area contributed by atoms with Gasteiger partial charge in [-0.25, -0.2) is 4.79 Å². The number of hydrogen-bond donors (Lipinski definition) is 2. The van der Waals surface area contributed by atoms with Gasteiger partial charge in [-0.3, -0.25) is 14.5 Å². The van der Waals surface area contributed by atoms with Gasteiger partial charge in [0.05, 0.1) is 12.0 Å². The monoisotopic (exact) mass is 520 g/mol. The second kappa shape index (κ2) is 11.4. The summed E-state index contributed by atoms with van der Waals surface area (Å²) < 4.78 is 11.4. The van der Waals surface area contributed by atoms with Crippen LogP contribution in [0.1, 0.15) is 24.0 Å². The van der Waals surface area contributed by atoms with Gasteiger partial charge in [-0.05, 0) is 47.9 Å². The van der Waals surface area contributed by atoms with Gasteiger partial charge in [0.2, 0.25) is 5.91 Å². The molecule has 0 spiro atoms. The topological polar surface area (TPSA) is 119 Å². The number of carboxylic acid groups (broad SMARTS) is 1. The molecule has 11 heteroatoms. The molecule has 0 aromatic heterocycles. The summed E-state index contributed by atoms with van der Waals surface area (Å²) in [7, 11) is 1.50. The molecule has 0 saturated carbocycles. The number of hydrogen-bond acceptors (Lipinski definition) is 7. The van der Waals surface area contributed by atoms with E-state index in [4.69, 9.17) is 39.0 Å². The molecule has 1 atom stereocenters. The van der Waals surface area contributed by atoms with E-state index >= 15 is 0 Å². The minimum atomic E-state index is -1.27. The van der Waals surface area contributed by atoms with Gasteiger partial charge in [0.25, 0.3) is 5.91 Å². The van der Waals surface area contributed by atoms with Crippen molar-refractivity contribution in [2.75, 3.05) is 7.11 Å². The zero-order valence-electron chi connectivity index (χ0n) is 18.0. The maximum absolute atomic E-state index is 12.9. The number of carbonyl (C=O) groups excluding carboxylic acids is 2. The number of carboxylic acids is 1. The van der Waals surface area contributed by atoms with Gasteiger partial charge in [-0.2, -0.15) is 0 Å². The molecule has 3 rings (SSSR count). The summed E-state index contributed by atoms with van der Waals surface area (Å²) in [6.07, 6.45) is 1.29. The number of thiocarbonyl (C=S) groups is 1. The number of methoxy groups -OCH3 is 1. The van der Waals surface area contributed by atoms with Gasteiger partial charge in [0.15, 0.2) is 11.5 Å². The predicted octanol–water partition coefficient (Wildman–Crippen LogP) is 3.85. The van der Waals surface area contributed by atoms with Gasteiger partial charge < -0.3 is 20.3 Å². The first kappa shape index (κ1) is 25.5. The van der Waals surface area contributed by atoms with E-state index in [0.29, 0.717) is 28.7 Å². The summed E-state index contributed by atoms with van der Waals surface area (Å²) in [6.45, 7) is 0.313. The molecule has 178 valence electrons. The molecule has 1 heterocycles. The molecule has 0 aliphatic carbocycles. The second-order valence-corrected chi connectivity index (χ2v) is 9.35. The van der Waals surface area contributed by atoms with Crippen molar-refractivity contribution in [3.63, 3.8) is 0 Å². The Hall–Kier alpha value is -3.08. The van der Waals surface area contributed by atoms with Crippen LogP contribution >= 0.6 is 35.6 Å². The summed E-state index contributed by atoms with van der Waals surface area (Å²) in [4.78, 5) is 37.0. The third-order valence-electron chi connectivity index (χ3n) is 4.88. The maximum atomic E-state index is 12.9. The maximum Gasteiger partial charge on any atom is 0.326 e. The molecule has 2 amide bonds. The van der Waals surface area contributed by atoms with Crippen molar-refractivity contribution in [2.45, 2.75) is 25.5 Å². The van der Waals surface area contributed by atoms with Gasteiger partial charge in [-0.1, -0.05) is 53.8 Å². The normalized spacial score (nSPS) is 15.5. The highest BCUT2D eigenvalue weighted by molar-refractivity contribution is 8.26. The average molecular weight is 521 g/mol. The number of nitrogens with two attached hydrogens (primary N) is 1. The van der Waals surface area contributed by atoms with E-state index in [0.717, 1.165) is 22.2 Å². The Kier molecular flexibility index (Phi) is 8.54. The highest BCUT2D eigenvalue weighted by Gasteiger charge is 2.40. The van der Waals surface area contributed by atoms with Crippen molar-refractivity contribution in [1.29, 1.82) is 0 Å². The van der Waals surface area contributed by atoms with E-state index in [1.54, 1.807) is 36.4 Å². The fourth-order valence-corrected chi connectivity index (χ4v) is 4.66. The quantitative estimate of drug-likeness (QED) is 0.358. The molecular weight excluding hydrogens is 500 g/mol. The highest BCUT2D eigenvalue weighted by Crippen LogP contribution is 2.36. The number of thioether (sulfide) groups is 1. The van der Waals surface area contributed by atoms with Crippen LogP contribution in [0.3, 0.4) is 0 Å². The van der Waals surface area contributed by atoms with Crippen LogP contribution < -0.4 is 15.2 Å². The van der Waals surface area contributed by atoms with Crippen molar-refractivity contribution in [3.8, 4) is 11.5 Å². The van der Waals surface area contributed by atoms with Crippen LogP contribution in [-0.4, -0.2) is 45.3 Å². The number of rotatable bonds is 10. The summed E-state index contributed by atoms with van der Waals surface area (Å²) >= 11 is 12.1. The molecule has 1 saturated heterocycles. The largest absolute Gasteiger partial charge is 0.493 e. The van der Waals surface area contributed by atoms with E-state index in [-0.39, 0.29) is 22.1 Å². The van der Waals surface area contributed by atoms with E-state index in [9.17, 15) is 19.5 Å². The first-order valence-corrected chi connectivity index (χ1v) is 11.6. The molecular formula is C23H21ClN2O6S2. The van der Waals surface area contributed by atoms with E-state index in [2.05, 4.69) is 0 Å². The molecule has 1 fully saturated rings. The van der Waals surface area contributed by atoms with Gasteiger partial charge in [0, 0.05) is 11.4 Å². The third kappa shape index (κ3) is 6.28. The standard InChI is InChI=1S/C23H21ClN2O6S2/c1-31-18-10-14(4-8-17(18)32-12-13-2-5-15(24)6-3-13)11-19-21(28)26(23(33)34-19)16(22(29)30)7-9-20(25)27/h2-6,8,10-11,16H,7,9,12H2,1H3,(H2,25,27)(H,29,30)/b19-11-. The number of amides is 2.